The Morgan fingerprint density at radius 3 is 2.96 bits per heavy atom. The third kappa shape index (κ3) is 4.03. The van der Waals surface area contributed by atoms with Crippen molar-refractivity contribution in [3.8, 4) is 0 Å². The van der Waals surface area contributed by atoms with Crippen LogP contribution in [-0.4, -0.2) is 53.4 Å². The predicted octanol–water partition coefficient (Wildman–Crippen LogP) is 2.26. The molecule has 2 saturated heterocycles. The summed E-state index contributed by atoms with van der Waals surface area (Å²) in [5.74, 6) is -0.00426. The maximum absolute atomic E-state index is 12.6. The zero-order chi connectivity index (χ0) is 16.4. The molecule has 2 unspecified atom stereocenters. The molecular formula is C18H26N2O3. The number of anilines is 1. The second kappa shape index (κ2) is 6.49. The molecule has 3 rings (SSSR count). The molecule has 0 aromatic heterocycles. The Hall–Kier alpha value is -1.59. The number of ether oxygens (including phenoxy) is 1. The van der Waals surface area contributed by atoms with Gasteiger partial charge in [-0.1, -0.05) is 6.07 Å². The number of piperidine rings is 1. The van der Waals surface area contributed by atoms with E-state index >= 15 is 0 Å². The highest BCUT2D eigenvalue weighted by Crippen LogP contribution is 2.27. The molecule has 5 heteroatoms. The lowest BCUT2D eigenvalue weighted by molar-refractivity contribution is 0.0363. The fourth-order valence-electron chi connectivity index (χ4n) is 3.43. The maximum Gasteiger partial charge on any atom is 0.254 e. The number of nitrogens with zero attached hydrogens (tertiary/aromatic N) is 1. The van der Waals surface area contributed by atoms with Crippen LogP contribution in [0.25, 0.3) is 0 Å². The van der Waals surface area contributed by atoms with Crippen molar-refractivity contribution in [1.82, 2.24) is 4.90 Å². The van der Waals surface area contributed by atoms with E-state index < -0.39 is 6.10 Å². The van der Waals surface area contributed by atoms with Crippen molar-refractivity contribution in [2.24, 2.45) is 0 Å². The van der Waals surface area contributed by atoms with Crippen molar-refractivity contribution >= 4 is 11.6 Å². The van der Waals surface area contributed by atoms with Gasteiger partial charge in [-0.25, -0.2) is 0 Å². The van der Waals surface area contributed by atoms with Gasteiger partial charge in [0.1, 0.15) is 0 Å². The van der Waals surface area contributed by atoms with Gasteiger partial charge in [0.25, 0.3) is 5.91 Å². The summed E-state index contributed by atoms with van der Waals surface area (Å²) in [6.07, 6.45) is 2.19. The number of carbonyl (C=O) groups is 1. The summed E-state index contributed by atoms with van der Waals surface area (Å²) in [6, 6.07) is 7.88. The van der Waals surface area contributed by atoms with Crippen LogP contribution in [0.4, 0.5) is 5.69 Å². The Kier molecular flexibility index (Phi) is 4.60. The van der Waals surface area contributed by atoms with E-state index in [9.17, 15) is 9.90 Å². The molecule has 0 spiro atoms. The lowest BCUT2D eigenvalue weighted by Crippen LogP contribution is -2.42. The Morgan fingerprint density at radius 1 is 1.43 bits per heavy atom. The zero-order valence-electron chi connectivity index (χ0n) is 13.9. The van der Waals surface area contributed by atoms with E-state index in [1.54, 1.807) is 4.90 Å². The van der Waals surface area contributed by atoms with Gasteiger partial charge in [-0.05, 0) is 51.3 Å². The summed E-state index contributed by atoms with van der Waals surface area (Å²) in [5.41, 5.74) is 1.52. The molecule has 2 fully saturated rings. The van der Waals surface area contributed by atoms with E-state index in [4.69, 9.17) is 4.74 Å². The first-order chi connectivity index (χ1) is 10.9. The van der Waals surface area contributed by atoms with Gasteiger partial charge in [-0.2, -0.15) is 0 Å². The van der Waals surface area contributed by atoms with Crippen LogP contribution in [0.1, 0.15) is 43.5 Å². The molecule has 1 aromatic rings. The van der Waals surface area contributed by atoms with Gasteiger partial charge in [0.15, 0.2) is 0 Å². The summed E-state index contributed by atoms with van der Waals surface area (Å²) in [5, 5.41) is 13.2. The molecule has 2 aliphatic heterocycles. The Bertz CT molecular complexity index is 573. The number of benzene rings is 1. The summed E-state index contributed by atoms with van der Waals surface area (Å²) in [7, 11) is 0. The van der Waals surface area contributed by atoms with Crippen LogP contribution in [0.2, 0.25) is 0 Å². The number of rotatable bonds is 3. The number of amides is 1. The van der Waals surface area contributed by atoms with Crippen LogP contribution in [0.5, 0.6) is 0 Å². The molecule has 23 heavy (non-hydrogen) atoms. The smallest absolute Gasteiger partial charge is 0.254 e. The highest BCUT2D eigenvalue weighted by atomic mass is 16.5. The van der Waals surface area contributed by atoms with Gasteiger partial charge in [0.05, 0.1) is 24.4 Å². The van der Waals surface area contributed by atoms with Gasteiger partial charge in [0.2, 0.25) is 0 Å². The lowest BCUT2D eigenvalue weighted by Gasteiger charge is -2.30. The second-order valence-electron chi connectivity index (χ2n) is 7.24. The molecule has 0 saturated carbocycles. The predicted molar refractivity (Wildman–Crippen MR) is 89.6 cm³/mol. The van der Waals surface area contributed by atoms with E-state index in [1.807, 2.05) is 24.3 Å². The summed E-state index contributed by atoms with van der Waals surface area (Å²) < 4.78 is 5.74. The summed E-state index contributed by atoms with van der Waals surface area (Å²) in [6.45, 7) is 6.02. The van der Waals surface area contributed by atoms with E-state index in [0.717, 1.165) is 31.5 Å². The number of likely N-dealkylation sites (tertiary alicyclic amines) is 1. The van der Waals surface area contributed by atoms with Gasteiger partial charge < -0.3 is 20.1 Å². The van der Waals surface area contributed by atoms with Crippen LogP contribution in [0, 0.1) is 0 Å². The zero-order valence-corrected chi connectivity index (χ0v) is 13.9. The minimum Gasteiger partial charge on any atom is -0.391 e. The quantitative estimate of drug-likeness (QED) is 0.897. The first-order valence-corrected chi connectivity index (χ1v) is 8.41. The van der Waals surface area contributed by atoms with Gasteiger partial charge in [-0.15, -0.1) is 0 Å². The highest BCUT2D eigenvalue weighted by Gasteiger charge is 2.32. The van der Waals surface area contributed by atoms with Crippen molar-refractivity contribution in [2.45, 2.75) is 50.9 Å². The third-order valence-corrected chi connectivity index (χ3v) is 4.58. The van der Waals surface area contributed by atoms with Crippen molar-refractivity contribution in [1.29, 1.82) is 0 Å². The molecule has 0 bridgehead atoms. The van der Waals surface area contributed by atoms with Crippen molar-refractivity contribution in [2.75, 3.05) is 25.0 Å². The van der Waals surface area contributed by atoms with E-state index in [2.05, 4.69) is 19.2 Å². The minimum atomic E-state index is -0.396. The molecule has 2 aliphatic rings. The third-order valence-electron chi connectivity index (χ3n) is 4.58. The molecule has 1 amide bonds. The largest absolute Gasteiger partial charge is 0.391 e. The number of hydrogen-bond donors (Lipinski definition) is 2. The van der Waals surface area contributed by atoms with Gasteiger partial charge in [-0.3, -0.25) is 4.79 Å². The maximum atomic E-state index is 12.6. The minimum absolute atomic E-state index is 0.00426. The Morgan fingerprint density at radius 2 is 2.26 bits per heavy atom. The standard InChI is InChI=1S/C18H26N2O3/c1-18(2)10-15(12-23-18)19-14-6-3-5-13(9-14)17(22)20-8-4-7-16(21)11-20/h3,5-6,9,15-16,19,21H,4,7-8,10-12H2,1-2H3. The number of hydrogen-bond acceptors (Lipinski definition) is 4. The molecule has 5 nitrogen and oxygen atoms in total. The van der Waals surface area contributed by atoms with E-state index in [-0.39, 0.29) is 17.6 Å². The van der Waals surface area contributed by atoms with Gasteiger partial charge in [0, 0.05) is 24.3 Å². The van der Waals surface area contributed by atoms with Crippen LogP contribution < -0.4 is 5.32 Å². The lowest BCUT2D eigenvalue weighted by atomic mass is 10.0. The normalized spacial score (nSPS) is 27.0. The molecule has 0 aliphatic carbocycles. The van der Waals surface area contributed by atoms with Crippen LogP contribution in [0.3, 0.4) is 0 Å². The SMILES string of the molecule is CC1(C)CC(Nc2cccc(C(=O)N3CCCC(O)C3)c2)CO1. The average molecular weight is 318 g/mol. The van der Waals surface area contributed by atoms with Crippen molar-refractivity contribution in [3.63, 3.8) is 0 Å². The molecule has 2 N–H and O–H groups in total. The summed E-state index contributed by atoms with van der Waals surface area (Å²) in [4.78, 5) is 14.3. The average Bonchev–Trinajstić information content (AvgIpc) is 2.85. The van der Waals surface area contributed by atoms with Crippen molar-refractivity contribution < 1.29 is 14.6 Å². The number of aliphatic hydroxyl groups excluding tert-OH is 1. The molecule has 2 atom stereocenters. The highest BCUT2D eigenvalue weighted by molar-refractivity contribution is 5.95. The number of nitrogens with one attached hydrogen (secondary N) is 1. The van der Waals surface area contributed by atoms with Crippen LogP contribution >= 0.6 is 0 Å². The molecule has 2 heterocycles. The first kappa shape index (κ1) is 16.3. The molecular weight excluding hydrogens is 292 g/mol. The second-order valence-corrected chi connectivity index (χ2v) is 7.24. The summed E-state index contributed by atoms with van der Waals surface area (Å²) >= 11 is 0. The van der Waals surface area contributed by atoms with E-state index in [0.29, 0.717) is 18.7 Å². The van der Waals surface area contributed by atoms with E-state index in [1.165, 1.54) is 0 Å². The van der Waals surface area contributed by atoms with Crippen molar-refractivity contribution in [3.05, 3.63) is 29.8 Å². The molecule has 126 valence electrons. The fourth-order valence-corrected chi connectivity index (χ4v) is 3.43. The van der Waals surface area contributed by atoms with Crippen LogP contribution in [0.15, 0.2) is 24.3 Å². The van der Waals surface area contributed by atoms with Crippen LogP contribution in [-0.2, 0) is 4.74 Å². The number of aliphatic hydroxyl groups is 1. The first-order valence-electron chi connectivity index (χ1n) is 8.41. The monoisotopic (exact) mass is 318 g/mol. The Labute approximate surface area is 137 Å². The van der Waals surface area contributed by atoms with Gasteiger partial charge >= 0.3 is 0 Å². The topological polar surface area (TPSA) is 61.8 Å². The molecule has 0 radical (unpaired) electrons. The number of β-amino-alcohol motifs (C(OH)–C–C–N with tert-alkyl or cyclic N) is 1. The Balaban J connectivity index is 1.66. The number of carbonyl (C=O) groups excluding carboxylic acids is 1. The fraction of sp³-hybridized carbons (Fsp3) is 0.611. The molecule has 1 aromatic carbocycles.